The minimum atomic E-state index is -0.626. The third kappa shape index (κ3) is 4.20. The van der Waals surface area contributed by atoms with Crippen LogP contribution in [0.25, 0.3) is 6.08 Å². The van der Waals surface area contributed by atoms with E-state index in [4.69, 9.17) is 15.0 Å². The topological polar surface area (TPSA) is 61.6 Å². The largest absolute Gasteiger partial charge is 0.491 e. The summed E-state index contributed by atoms with van der Waals surface area (Å²) in [7, 11) is -0.626. The zero-order valence-electron chi connectivity index (χ0n) is 14.7. The number of hydrogen-bond donors (Lipinski definition) is 1. The molecule has 1 saturated heterocycles. The second-order valence-electron chi connectivity index (χ2n) is 6.87. The van der Waals surface area contributed by atoms with Crippen LogP contribution in [0.15, 0.2) is 23.7 Å². The van der Waals surface area contributed by atoms with Crippen LogP contribution in [0.2, 0.25) is 0 Å². The highest BCUT2D eigenvalue weighted by Crippen LogP contribution is 2.39. The van der Waals surface area contributed by atoms with E-state index in [1.165, 1.54) is 13.0 Å². The van der Waals surface area contributed by atoms with Crippen molar-refractivity contribution in [3.05, 3.63) is 35.1 Å². The molecule has 1 aromatic rings. The number of carbonyl (C=O) groups excluding carboxylic acids is 1. The maximum absolute atomic E-state index is 14.1. The third-order valence-corrected chi connectivity index (χ3v) is 5.25. The summed E-state index contributed by atoms with van der Waals surface area (Å²) < 4.78 is 26.2. The van der Waals surface area contributed by atoms with Gasteiger partial charge in [-0.25, -0.2) is 4.39 Å². The van der Waals surface area contributed by atoms with Crippen molar-refractivity contribution >= 4 is 35.8 Å². The number of carbonyl (C=O) groups is 1. The number of hydrogen-bond acceptors (Lipinski definition) is 5. The van der Waals surface area contributed by atoms with E-state index in [9.17, 15) is 9.18 Å². The molecule has 7 heteroatoms. The fourth-order valence-electron chi connectivity index (χ4n) is 2.22. The lowest BCUT2D eigenvalue weighted by atomic mass is 9.78. The molecule has 1 heterocycles. The molecular weight excluding hydrogens is 328 g/mol. The molecule has 0 radical (unpaired) electrons. The average Bonchev–Trinajstić information content (AvgIpc) is 2.65. The Morgan fingerprint density at radius 2 is 1.88 bits per heavy atom. The zero-order chi connectivity index (χ0) is 18.1. The Morgan fingerprint density at radius 1 is 1.29 bits per heavy atom. The normalized spacial score (nSPS) is 19.6. The van der Waals surface area contributed by atoms with Crippen molar-refractivity contribution < 1.29 is 18.5 Å². The molecule has 24 heavy (non-hydrogen) atoms. The predicted molar refractivity (Wildman–Crippen MR) is 98.0 cm³/mol. The SMILES string of the molecule is CC(=O)SCC(=Cc1ccc(N)cc1F)B1OC(C)(C)C(C)(C)O1. The molecule has 0 aromatic heterocycles. The van der Waals surface area contributed by atoms with E-state index in [0.717, 1.165) is 11.8 Å². The van der Waals surface area contributed by atoms with Gasteiger partial charge in [-0.1, -0.05) is 23.9 Å². The molecule has 0 atom stereocenters. The van der Waals surface area contributed by atoms with Gasteiger partial charge in [-0.3, -0.25) is 4.79 Å². The van der Waals surface area contributed by atoms with Crippen molar-refractivity contribution in [3.63, 3.8) is 0 Å². The predicted octanol–water partition coefficient (Wildman–Crippen LogP) is 3.70. The van der Waals surface area contributed by atoms with Gasteiger partial charge >= 0.3 is 7.12 Å². The summed E-state index contributed by atoms with van der Waals surface area (Å²) in [4.78, 5) is 11.3. The fourth-order valence-corrected chi connectivity index (χ4v) is 2.81. The van der Waals surface area contributed by atoms with Gasteiger partial charge in [-0.05, 0) is 45.3 Å². The first-order chi connectivity index (χ1) is 11.0. The van der Waals surface area contributed by atoms with Gasteiger partial charge in [0, 0.05) is 23.9 Å². The van der Waals surface area contributed by atoms with Crippen LogP contribution < -0.4 is 5.73 Å². The van der Waals surface area contributed by atoms with Crippen molar-refractivity contribution in [2.45, 2.75) is 45.8 Å². The second-order valence-corrected chi connectivity index (χ2v) is 8.02. The maximum atomic E-state index is 14.1. The summed E-state index contributed by atoms with van der Waals surface area (Å²) in [6.45, 7) is 9.30. The molecular formula is C17H23BFNO3S. The van der Waals surface area contributed by atoms with Crippen molar-refractivity contribution in [2.75, 3.05) is 11.5 Å². The molecule has 4 nitrogen and oxygen atoms in total. The van der Waals surface area contributed by atoms with Crippen molar-refractivity contribution in [2.24, 2.45) is 0 Å². The summed E-state index contributed by atoms with van der Waals surface area (Å²) in [6.07, 6.45) is 1.67. The van der Waals surface area contributed by atoms with Crippen LogP contribution >= 0.6 is 11.8 Å². The van der Waals surface area contributed by atoms with Gasteiger partial charge in [0.2, 0.25) is 0 Å². The standard InChI is InChI=1S/C17H23BFNO3S/c1-11(21)24-10-13(8-12-6-7-14(20)9-15(12)19)18-22-16(2,3)17(4,5)23-18/h6-9H,10,20H2,1-5H3. The number of nitrogen functional groups attached to an aromatic ring is 1. The van der Waals surface area contributed by atoms with Gasteiger partial charge in [0.15, 0.2) is 5.12 Å². The van der Waals surface area contributed by atoms with Crippen LogP contribution in [0.5, 0.6) is 0 Å². The monoisotopic (exact) mass is 351 g/mol. The molecule has 0 saturated carbocycles. The van der Waals surface area contributed by atoms with Crippen LogP contribution in [0.1, 0.15) is 40.2 Å². The first-order valence-electron chi connectivity index (χ1n) is 7.76. The number of anilines is 1. The van der Waals surface area contributed by atoms with E-state index in [1.54, 1.807) is 18.2 Å². The van der Waals surface area contributed by atoms with E-state index in [-0.39, 0.29) is 5.12 Å². The Labute approximate surface area is 147 Å². The molecule has 2 rings (SSSR count). The van der Waals surface area contributed by atoms with Gasteiger partial charge in [0.05, 0.1) is 11.2 Å². The lowest BCUT2D eigenvalue weighted by molar-refractivity contribution is -0.109. The van der Waals surface area contributed by atoms with E-state index < -0.39 is 24.1 Å². The average molecular weight is 351 g/mol. The minimum absolute atomic E-state index is 0.0183. The second kappa shape index (κ2) is 6.90. The fraction of sp³-hybridized carbons (Fsp3) is 0.471. The number of halogens is 1. The van der Waals surface area contributed by atoms with E-state index in [2.05, 4.69) is 0 Å². The molecule has 1 fully saturated rings. The molecule has 0 spiro atoms. The molecule has 1 aliphatic rings. The van der Waals surface area contributed by atoms with Crippen molar-refractivity contribution in [3.8, 4) is 0 Å². The third-order valence-electron chi connectivity index (χ3n) is 4.36. The lowest BCUT2D eigenvalue weighted by Crippen LogP contribution is -2.41. The Kier molecular flexibility index (Phi) is 5.47. The van der Waals surface area contributed by atoms with Gasteiger partial charge in [0.25, 0.3) is 0 Å². The summed E-state index contributed by atoms with van der Waals surface area (Å²) in [5.74, 6) is -0.0486. The van der Waals surface area contributed by atoms with Gasteiger partial charge in [0.1, 0.15) is 5.82 Å². The summed E-state index contributed by atoms with van der Waals surface area (Å²) in [5, 5.41) is -0.0183. The lowest BCUT2D eigenvalue weighted by Gasteiger charge is -2.32. The Morgan fingerprint density at radius 3 is 2.38 bits per heavy atom. The maximum Gasteiger partial charge on any atom is 0.491 e. The molecule has 2 N–H and O–H groups in total. The molecule has 0 unspecified atom stereocenters. The highest BCUT2D eigenvalue weighted by molar-refractivity contribution is 8.13. The Hall–Kier alpha value is -1.31. The molecule has 1 aliphatic heterocycles. The number of benzene rings is 1. The van der Waals surface area contributed by atoms with Crippen LogP contribution in [-0.2, 0) is 14.1 Å². The van der Waals surface area contributed by atoms with E-state index in [1.807, 2.05) is 27.7 Å². The van der Waals surface area contributed by atoms with Crippen molar-refractivity contribution in [1.82, 2.24) is 0 Å². The summed E-state index contributed by atoms with van der Waals surface area (Å²) in [6, 6.07) is 4.51. The highest BCUT2D eigenvalue weighted by atomic mass is 32.2. The van der Waals surface area contributed by atoms with Gasteiger partial charge in [-0.15, -0.1) is 0 Å². The van der Waals surface area contributed by atoms with E-state index >= 15 is 0 Å². The van der Waals surface area contributed by atoms with E-state index in [0.29, 0.717) is 22.5 Å². The summed E-state index contributed by atoms with van der Waals surface area (Å²) >= 11 is 1.14. The first-order valence-corrected chi connectivity index (χ1v) is 8.75. The molecule has 0 amide bonds. The van der Waals surface area contributed by atoms with Crippen LogP contribution in [0.4, 0.5) is 10.1 Å². The van der Waals surface area contributed by atoms with Crippen LogP contribution in [-0.4, -0.2) is 29.2 Å². The Bertz CT molecular complexity index is 660. The molecule has 1 aromatic carbocycles. The Balaban J connectivity index is 2.35. The molecule has 0 bridgehead atoms. The summed E-state index contributed by atoms with van der Waals surface area (Å²) in [5.41, 5.74) is 6.04. The quantitative estimate of drug-likeness (QED) is 0.662. The smallest absolute Gasteiger partial charge is 0.400 e. The zero-order valence-corrected chi connectivity index (χ0v) is 15.5. The van der Waals surface area contributed by atoms with Crippen LogP contribution in [0, 0.1) is 5.82 Å². The number of rotatable bonds is 4. The number of nitrogens with two attached hydrogens (primary N) is 1. The first kappa shape index (κ1) is 19.0. The van der Waals surface area contributed by atoms with Gasteiger partial charge in [-0.2, -0.15) is 0 Å². The molecule has 0 aliphatic carbocycles. The van der Waals surface area contributed by atoms with Crippen LogP contribution in [0.3, 0.4) is 0 Å². The molecule has 130 valence electrons. The van der Waals surface area contributed by atoms with Gasteiger partial charge < -0.3 is 15.0 Å². The minimum Gasteiger partial charge on any atom is -0.400 e. The van der Waals surface area contributed by atoms with Crippen molar-refractivity contribution in [1.29, 1.82) is 0 Å². The highest BCUT2D eigenvalue weighted by Gasteiger charge is 2.52. The number of thioether (sulfide) groups is 1.